The molecule has 3 rings (SSSR count). The molecule has 2 aromatic heterocycles. The van der Waals surface area contributed by atoms with Gasteiger partial charge < -0.3 is 10.3 Å². The van der Waals surface area contributed by atoms with Crippen LogP contribution >= 0.6 is 0 Å². The Morgan fingerprint density at radius 2 is 2.31 bits per heavy atom. The van der Waals surface area contributed by atoms with E-state index < -0.39 is 0 Å². The summed E-state index contributed by atoms with van der Waals surface area (Å²) in [5, 5.41) is 0. The van der Waals surface area contributed by atoms with Gasteiger partial charge in [0, 0.05) is 18.3 Å². The fourth-order valence-corrected chi connectivity index (χ4v) is 1.89. The first-order valence-corrected chi connectivity index (χ1v) is 5.55. The number of pyridine rings is 1. The van der Waals surface area contributed by atoms with Crippen LogP contribution in [0.15, 0.2) is 30.9 Å². The van der Waals surface area contributed by atoms with Crippen LogP contribution in [0.4, 0.5) is 5.82 Å². The van der Waals surface area contributed by atoms with Crippen LogP contribution < -0.4 is 5.73 Å². The topological polar surface area (TPSA) is 56.7 Å². The molecule has 0 radical (unpaired) electrons. The summed E-state index contributed by atoms with van der Waals surface area (Å²) in [5.74, 6) is 1.39. The summed E-state index contributed by atoms with van der Waals surface area (Å²) >= 11 is 0. The second-order valence-corrected chi connectivity index (χ2v) is 4.34. The Morgan fingerprint density at radius 1 is 1.44 bits per heavy atom. The molecule has 0 spiro atoms. The normalized spacial score (nSPS) is 15.2. The minimum Gasteiger partial charge on any atom is -0.384 e. The number of nitrogens with zero attached hydrogens (tertiary/aromatic N) is 3. The lowest BCUT2D eigenvalue weighted by molar-refractivity contribution is 0.631. The molecule has 1 aliphatic carbocycles. The molecule has 2 N–H and O–H groups in total. The van der Waals surface area contributed by atoms with E-state index in [4.69, 9.17) is 5.73 Å². The molecule has 2 heterocycles. The molecule has 1 fully saturated rings. The number of hydrogen-bond acceptors (Lipinski definition) is 3. The van der Waals surface area contributed by atoms with Gasteiger partial charge in [-0.1, -0.05) is 0 Å². The molecule has 0 saturated heterocycles. The molecular formula is C12H14N4. The molecule has 1 aliphatic rings. The molecule has 16 heavy (non-hydrogen) atoms. The Labute approximate surface area is 94.1 Å². The van der Waals surface area contributed by atoms with Crippen LogP contribution in [0.25, 0.3) is 11.3 Å². The van der Waals surface area contributed by atoms with Gasteiger partial charge in [-0.2, -0.15) is 0 Å². The predicted molar refractivity (Wildman–Crippen MR) is 62.6 cm³/mol. The Kier molecular flexibility index (Phi) is 2.13. The van der Waals surface area contributed by atoms with Gasteiger partial charge in [-0.05, 0) is 30.9 Å². The maximum absolute atomic E-state index is 5.69. The van der Waals surface area contributed by atoms with E-state index in [-0.39, 0.29) is 0 Å². The Bertz CT molecular complexity index is 499. The SMILES string of the molecule is Nc1cc(-c2cncn2CC2CC2)ccn1. The van der Waals surface area contributed by atoms with Gasteiger partial charge in [0.15, 0.2) is 0 Å². The summed E-state index contributed by atoms with van der Waals surface area (Å²) in [6.45, 7) is 1.07. The zero-order valence-corrected chi connectivity index (χ0v) is 9.00. The number of hydrogen-bond donors (Lipinski definition) is 1. The second kappa shape index (κ2) is 3.63. The van der Waals surface area contributed by atoms with Crippen LogP contribution in [0.2, 0.25) is 0 Å². The van der Waals surface area contributed by atoms with Crippen molar-refractivity contribution in [1.29, 1.82) is 0 Å². The van der Waals surface area contributed by atoms with Crippen LogP contribution in [0, 0.1) is 5.92 Å². The van der Waals surface area contributed by atoms with Gasteiger partial charge in [-0.25, -0.2) is 9.97 Å². The van der Waals surface area contributed by atoms with E-state index in [1.165, 1.54) is 12.8 Å². The molecule has 1 saturated carbocycles. The third-order valence-electron chi connectivity index (χ3n) is 2.94. The highest BCUT2D eigenvalue weighted by Crippen LogP contribution is 2.32. The zero-order chi connectivity index (χ0) is 11.0. The fourth-order valence-electron chi connectivity index (χ4n) is 1.89. The lowest BCUT2D eigenvalue weighted by Gasteiger charge is -2.07. The molecule has 0 aliphatic heterocycles. The van der Waals surface area contributed by atoms with Crippen LogP contribution in [-0.4, -0.2) is 14.5 Å². The number of rotatable bonds is 3. The van der Waals surface area contributed by atoms with Crippen molar-refractivity contribution in [3.05, 3.63) is 30.9 Å². The Hall–Kier alpha value is -1.84. The first-order chi connectivity index (χ1) is 7.83. The van der Waals surface area contributed by atoms with Crippen molar-refractivity contribution >= 4 is 5.82 Å². The molecule has 0 unspecified atom stereocenters. The molecule has 0 aromatic carbocycles. The smallest absolute Gasteiger partial charge is 0.123 e. The van der Waals surface area contributed by atoms with Gasteiger partial charge in [-0.15, -0.1) is 0 Å². The van der Waals surface area contributed by atoms with E-state index in [0.717, 1.165) is 23.7 Å². The lowest BCUT2D eigenvalue weighted by atomic mass is 10.2. The first kappa shape index (κ1) is 9.39. The van der Waals surface area contributed by atoms with Gasteiger partial charge in [-0.3, -0.25) is 0 Å². The van der Waals surface area contributed by atoms with E-state index in [1.54, 1.807) is 6.20 Å². The monoisotopic (exact) mass is 214 g/mol. The van der Waals surface area contributed by atoms with E-state index in [1.807, 2.05) is 24.7 Å². The highest BCUT2D eigenvalue weighted by molar-refractivity contribution is 5.61. The number of anilines is 1. The molecule has 82 valence electrons. The van der Waals surface area contributed by atoms with Gasteiger partial charge in [0.1, 0.15) is 5.82 Å². The van der Waals surface area contributed by atoms with Crippen LogP contribution in [0.3, 0.4) is 0 Å². The average Bonchev–Trinajstić information content (AvgIpc) is 2.95. The summed E-state index contributed by atoms with van der Waals surface area (Å²) in [4.78, 5) is 8.21. The molecule has 4 nitrogen and oxygen atoms in total. The number of aromatic nitrogens is 3. The lowest BCUT2D eigenvalue weighted by Crippen LogP contribution is -2.00. The van der Waals surface area contributed by atoms with Crippen LogP contribution in [0.5, 0.6) is 0 Å². The largest absolute Gasteiger partial charge is 0.384 e. The van der Waals surface area contributed by atoms with Gasteiger partial charge in [0.2, 0.25) is 0 Å². The number of nitrogens with two attached hydrogens (primary N) is 1. The number of imidazole rings is 1. The van der Waals surface area contributed by atoms with E-state index in [2.05, 4.69) is 14.5 Å². The predicted octanol–water partition coefficient (Wildman–Crippen LogP) is 1.94. The maximum Gasteiger partial charge on any atom is 0.123 e. The fraction of sp³-hybridized carbons (Fsp3) is 0.333. The highest BCUT2D eigenvalue weighted by Gasteiger charge is 2.22. The van der Waals surface area contributed by atoms with Crippen molar-refractivity contribution in [3.8, 4) is 11.3 Å². The first-order valence-electron chi connectivity index (χ1n) is 5.55. The summed E-state index contributed by atoms with van der Waals surface area (Å²) in [6.07, 6.45) is 8.20. The Balaban J connectivity index is 1.95. The van der Waals surface area contributed by atoms with Crippen molar-refractivity contribution in [2.24, 2.45) is 5.92 Å². The molecule has 0 atom stereocenters. The van der Waals surface area contributed by atoms with Crippen molar-refractivity contribution in [3.63, 3.8) is 0 Å². The molecular weight excluding hydrogens is 200 g/mol. The average molecular weight is 214 g/mol. The van der Waals surface area contributed by atoms with Crippen LogP contribution in [0.1, 0.15) is 12.8 Å². The second-order valence-electron chi connectivity index (χ2n) is 4.34. The third kappa shape index (κ3) is 1.78. The standard InChI is InChI=1S/C12H14N4/c13-12-5-10(3-4-15-12)11-6-14-8-16(11)7-9-1-2-9/h3-6,8-9H,1-2,7H2,(H2,13,15). The van der Waals surface area contributed by atoms with E-state index in [9.17, 15) is 0 Å². The molecule has 4 heteroatoms. The zero-order valence-electron chi connectivity index (χ0n) is 9.00. The summed E-state index contributed by atoms with van der Waals surface area (Å²) < 4.78 is 2.20. The summed E-state index contributed by atoms with van der Waals surface area (Å²) in [7, 11) is 0. The van der Waals surface area contributed by atoms with Gasteiger partial charge >= 0.3 is 0 Å². The summed E-state index contributed by atoms with van der Waals surface area (Å²) in [5.41, 5.74) is 7.90. The van der Waals surface area contributed by atoms with Crippen molar-refractivity contribution in [2.45, 2.75) is 19.4 Å². The van der Waals surface area contributed by atoms with Crippen molar-refractivity contribution < 1.29 is 0 Å². The van der Waals surface area contributed by atoms with Crippen molar-refractivity contribution in [2.75, 3.05) is 5.73 Å². The molecule has 2 aromatic rings. The minimum absolute atomic E-state index is 0.552. The quantitative estimate of drug-likeness (QED) is 0.849. The van der Waals surface area contributed by atoms with Crippen LogP contribution in [-0.2, 0) is 6.54 Å². The maximum atomic E-state index is 5.69. The Morgan fingerprint density at radius 3 is 3.06 bits per heavy atom. The summed E-state index contributed by atoms with van der Waals surface area (Å²) in [6, 6.07) is 3.86. The van der Waals surface area contributed by atoms with Gasteiger partial charge in [0.05, 0.1) is 18.2 Å². The van der Waals surface area contributed by atoms with Gasteiger partial charge in [0.25, 0.3) is 0 Å². The third-order valence-corrected chi connectivity index (χ3v) is 2.94. The highest BCUT2D eigenvalue weighted by atomic mass is 15.0. The molecule has 0 amide bonds. The molecule has 0 bridgehead atoms. The van der Waals surface area contributed by atoms with E-state index in [0.29, 0.717) is 5.82 Å². The van der Waals surface area contributed by atoms with E-state index >= 15 is 0 Å². The van der Waals surface area contributed by atoms with Crippen molar-refractivity contribution in [1.82, 2.24) is 14.5 Å². The number of nitrogen functional groups attached to an aromatic ring is 1. The minimum atomic E-state index is 0.552.